The van der Waals surface area contributed by atoms with Crippen LogP contribution in [0.25, 0.3) is 0 Å². The average molecular weight is 366 g/mol. The van der Waals surface area contributed by atoms with Crippen LogP contribution >= 0.6 is 0 Å². The molecule has 0 unspecified atom stereocenters. The normalized spacial score (nSPS) is 46.2. The van der Waals surface area contributed by atoms with Crippen molar-refractivity contribution in [2.24, 2.45) is 28.6 Å². The van der Waals surface area contributed by atoms with Gasteiger partial charge >= 0.3 is 10.4 Å². The fourth-order valence-corrected chi connectivity index (χ4v) is 7.06. The molecule has 6 heteroatoms. The summed E-state index contributed by atoms with van der Waals surface area (Å²) in [7, 11) is -4.42. The van der Waals surface area contributed by atoms with E-state index in [0.29, 0.717) is 24.2 Å². The highest BCUT2D eigenvalue weighted by Gasteiger charge is 2.59. The second kappa shape index (κ2) is 5.51. The number of rotatable bonds is 2. The van der Waals surface area contributed by atoms with Crippen molar-refractivity contribution >= 4 is 16.2 Å². The smallest absolute Gasteiger partial charge is 0.290 e. The largest absolute Gasteiger partial charge is 0.397 e. The fourth-order valence-electron chi connectivity index (χ4n) is 6.45. The maximum absolute atomic E-state index is 11.8. The molecule has 25 heavy (non-hydrogen) atoms. The third-order valence-electron chi connectivity index (χ3n) is 7.71. The second-order valence-electron chi connectivity index (χ2n) is 8.74. The third kappa shape index (κ3) is 2.64. The molecule has 0 aliphatic heterocycles. The molecular formula is C19H26O5S. The summed E-state index contributed by atoms with van der Waals surface area (Å²) in [6.07, 6.45) is 10.7. The van der Waals surface area contributed by atoms with Crippen molar-refractivity contribution in [2.75, 3.05) is 0 Å². The molecule has 6 atom stereocenters. The maximum atomic E-state index is 11.8. The molecule has 0 saturated heterocycles. The standard InChI is InChI=1S/C19H26O5S/c1-18-9-7-13(20)11-12(18)3-4-14-15-5-6-17(24-25(21,22)23)19(15,2)10-8-16(14)18/h7,9,11,14-17H,3-6,8,10H2,1-2H3,(H,21,22,23)/t14-,15-,16-,17-,18-,19-/m0/s1. The van der Waals surface area contributed by atoms with E-state index in [1.165, 1.54) is 5.57 Å². The van der Waals surface area contributed by atoms with E-state index in [0.717, 1.165) is 32.1 Å². The van der Waals surface area contributed by atoms with Crippen LogP contribution < -0.4 is 0 Å². The molecule has 0 bridgehead atoms. The van der Waals surface area contributed by atoms with Gasteiger partial charge in [-0.05, 0) is 73.8 Å². The molecule has 0 spiro atoms. The van der Waals surface area contributed by atoms with Crippen LogP contribution in [-0.4, -0.2) is 24.9 Å². The molecule has 0 aromatic rings. The number of allylic oxidation sites excluding steroid dienone is 4. The fraction of sp³-hybridized carbons (Fsp3) is 0.737. The van der Waals surface area contributed by atoms with E-state index in [2.05, 4.69) is 19.9 Å². The molecule has 3 saturated carbocycles. The van der Waals surface area contributed by atoms with Crippen molar-refractivity contribution in [3.63, 3.8) is 0 Å². The molecule has 0 radical (unpaired) electrons. The summed E-state index contributed by atoms with van der Waals surface area (Å²) < 4.78 is 36.7. The lowest BCUT2D eigenvalue weighted by Crippen LogP contribution is -2.50. The minimum absolute atomic E-state index is 0.0554. The van der Waals surface area contributed by atoms with Gasteiger partial charge in [0.2, 0.25) is 0 Å². The minimum atomic E-state index is -4.42. The molecule has 3 fully saturated rings. The van der Waals surface area contributed by atoms with Crippen molar-refractivity contribution in [2.45, 2.75) is 58.5 Å². The first-order valence-corrected chi connectivity index (χ1v) is 10.6. The Labute approximate surface area is 149 Å². The van der Waals surface area contributed by atoms with Crippen LogP contribution in [0.2, 0.25) is 0 Å². The first kappa shape index (κ1) is 17.4. The Morgan fingerprint density at radius 3 is 2.64 bits per heavy atom. The Morgan fingerprint density at radius 2 is 1.92 bits per heavy atom. The zero-order valence-corrected chi connectivity index (χ0v) is 15.6. The van der Waals surface area contributed by atoms with Crippen molar-refractivity contribution in [3.05, 3.63) is 23.8 Å². The molecule has 138 valence electrons. The van der Waals surface area contributed by atoms with E-state index >= 15 is 0 Å². The predicted molar refractivity (Wildman–Crippen MR) is 93.0 cm³/mol. The Kier molecular flexibility index (Phi) is 3.84. The molecule has 0 amide bonds. The monoisotopic (exact) mass is 366 g/mol. The van der Waals surface area contributed by atoms with Crippen LogP contribution in [0.3, 0.4) is 0 Å². The maximum Gasteiger partial charge on any atom is 0.397 e. The van der Waals surface area contributed by atoms with Crippen LogP contribution in [0.4, 0.5) is 0 Å². The van der Waals surface area contributed by atoms with Gasteiger partial charge in [-0.25, -0.2) is 4.18 Å². The molecule has 4 aliphatic rings. The van der Waals surface area contributed by atoms with Crippen molar-refractivity contribution in [3.8, 4) is 0 Å². The van der Waals surface area contributed by atoms with Gasteiger partial charge in [-0.1, -0.05) is 25.5 Å². The number of ketones is 1. The van der Waals surface area contributed by atoms with Crippen molar-refractivity contribution in [1.82, 2.24) is 0 Å². The molecule has 4 aliphatic carbocycles. The predicted octanol–water partition coefficient (Wildman–Crippen LogP) is 3.48. The second-order valence-corrected chi connectivity index (χ2v) is 9.79. The lowest BCUT2D eigenvalue weighted by Gasteiger charge is -2.56. The van der Waals surface area contributed by atoms with Gasteiger partial charge in [-0.3, -0.25) is 9.35 Å². The van der Waals surface area contributed by atoms with Gasteiger partial charge in [-0.2, -0.15) is 8.42 Å². The third-order valence-corrected chi connectivity index (χ3v) is 8.18. The van der Waals surface area contributed by atoms with Crippen LogP contribution in [0, 0.1) is 28.6 Å². The number of hydrogen-bond acceptors (Lipinski definition) is 4. The summed E-state index contributed by atoms with van der Waals surface area (Å²) in [6, 6.07) is 0. The highest BCUT2D eigenvalue weighted by Crippen LogP contribution is 2.64. The summed E-state index contributed by atoms with van der Waals surface area (Å²) in [5.41, 5.74) is 0.997. The van der Waals surface area contributed by atoms with Crippen LogP contribution in [-0.2, 0) is 19.4 Å². The van der Waals surface area contributed by atoms with Crippen LogP contribution in [0.1, 0.15) is 52.4 Å². The van der Waals surface area contributed by atoms with E-state index in [-0.39, 0.29) is 16.6 Å². The van der Waals surface area contributed by atoms with Crippen molar-refractivity contribution in [1.29, 1.82) is 0 Å². The van der Waals surface area contributed by atoms with Gasteiger partial charge in [0.1, 0.15) is 0 Å². The summed E-state index contributed by atoms with van der Waals surface area (Å²) in [4.78, 5) is 11.8. The molecule has 0 heterocycles. The zero-order chi connectivity index (χ0) is 18.0. The van der Waals surface area contributed by atoms with Gasteiger partial charge in [0.15, 0.2) is 5.78 Å². The first-order chi connectivity index (χ1) is 11.6. The lowest BCUT2D eigenvalue weighted by atomic mass is 9.48. The van der Waals surface area contributed by atoms with Crippen molar-refractivity contribution < 1.29 is 21.9 Å². The lowest BCUT2D eigenvalue weighted by molar-refractivity contribution is -0.111. The van der Waals surface area contributed by atoms with E-state index in [9.17, 15) is 13.2 Å². The summed E-state index contributed by atoms with van der Waals surface area (Å²) >= 11 is 0. The van der Waals surface area contributed by atoms with Crippen LogP contribution in [0.5, 0.6) is 0 Å². The Bertz CT molecular complexity index is 767. The Morgan fingerprint density at radius 1 is 1.16 bits per heavy atom. The summed E-state index contributed by atoms with van der Waals surface area (Å²) in [5.74, 6) is 1.49. The molecule has 0 aromatic heterocycles. The average Bonchev–Trinajstić information content (AvgIpc) is 2.83. The molecule has 1 N–H and O–H groups in total. The van der Waals surface area contributed by atoms with Gasteiger partial charge in [0, 0.05) is 5.41 Å². The zero-order valence-electron chi connectivity index (χ0n) is 14.8. The highest BCUT2D eigenvalue weighted by molar-refractivity contribution is 7.80. The van der Waals surface area contributed by atoms with Crippen LogP contribution in [0.15, 0.2) is 23.8 Å². The minimum Gasteiger partial charge on any atom is -0.290 e. The number of fused-ring (bicyclic) bond motifs is 5. The summed E-state index contributed by atoms with van der Waals surface area (Å²) in [6.45, 7) is 4.38. The highest BCUT2D eigenvalue weighted by atomic mass is 32.3. The Balaban J connectivity index is 1.63. The van der Waals surface area contributed by atoms with E-state index in [1.54, 1.807) is 6.08 Å². The SMILES string of the molecule is C[C@]12CC[C@H]3[C@@H](CCC4=CC(=O)C=C[C@@]43C)[C@@H]1CC[C@@H]2OS(=O)(=O)O. The van der Waals surface area contributed by atoms with E-state index in [4.69, 9.17) is 8.74 Å². The topological polar surface area (TPSA) is 80.7 Å². The summed E-state index contributed by atoms with van der Waals surface area (Å²) in [5, 5.41) is 0. The number of carbonyl (C=O) groups excluding carboxylic acids is 1. The first-order valence-electron chi connectivity index (χ1n) is 9.23. The number of hydrogen-bond donors (Lipinski definition) is 1. The van der Waals surface area contributed by atoms with E-state index in [1.807, 2.05) is 6.08 Å². The quantitative estimate of drug-likeness (QED) is 0.757. The molecule has 4 rings (SSSR count). The van der Waals surface area contributed by atoms with Gasteiger partial charge in [0.25, 0.3) is 0 Å². The molecule has 0 aromatic carbocycles. The van der Waals surface area contributed by atoms with Gasteiger partial charge in [0.05, 0.1) is 6.10 Å². The molecular weight excluding hydrogens is 340 g/mol. The van der Waals surface area contributed by atoms with E-state index < -0.39 is 16.5 Å². The van der Waals surface area contributed by atoms with Gasteiger partial charge in [-0.15, -0.1) is 0 Å². The Hall–Kier alpha value is -0.980. The van der Waals surface area contributed by atoms with Gasteiger partial charge < -0.3 is 0 Å². The molecule has 5 nitrogen and oxygen atoms in total. The number of carbonyl (C=O) groups is 1.